The van der Waals surface area contributed by atoms with Crippen LogP contribution in [0.15, 0.2) is 57.9 Å². The van der Waals surface area contributed by atoms with Crippen LogP contribution in [0.3, 0.4) is 0 Å². The summed E-state index contributed by atoms with van der Waals surface area (Å²) in [5.41, 5.74) is 2.79. The smallest absolute Gasteiger partial charge is 0.295 e. The molecule has 0 aliphatic carbocycles. The molecule has 1 saturated heterocycles. The summed E-state index contributed by atoms with van der Waals surface area (Å²) in [5.74, 6) is -0.281. The Kier molecular flexibility index (Phi) is 5.68. The molecule has 2 aromatic rings. The highest BCUT2D eigenvalue weighted by molar-refractivity contribution is 9.10. The van der Waals surface area contributed by atoms with Gasteiger partial charge in [0.05, 0.1) is 11.6 Å². The van der Waals surface area contributed by atoms with Crippen molar-refractivity contribution in [1.29, 1.82) is 0 Å². The van der Waals surface area contributed by atoms with Gasteiger partial charge in [0.1, 0.15) is 0 Å². The molecular weight excluding hydrogens is 414 g/mol. The maximum Gasteiger partial charge on any atom is 0.295 e. The highest BCUT2D eigenvalue weighted by Gasteiger charge is 2.34. The summed E-state index contributed by atoms with van der Waals surface area (Å²) in [6, 6.07) is 15.4. The van der Waals surface area contributed by atoms with E-state index in [4.69, 9.17) is 0 Å². The largest absolute Gasteiger partial charge is 0.378 e. The van der Waals surface area contributed by atoms with Gasteiger partial charge in [-0.3, -0.25) is 14.5 Å². The van der Waals surface area contributed by atoms with Crippen molar-refractivity contribution < 1.29 is 9.59 Å². The number of halogens is 1. The first kappa shape index (κ1) is 18.5. The molecule has 0 saturated carbocycles. The van der Waals surface area contributed by atoms with Crippen LogP contribution in [-0.4, -0.2) is 36.8 Å². The Morgan fingerprint density at radius 1 is 1.12 bits per heavy atom. The highest BCUT2D eigenvalue weighted by Crippen LogP contribution is 2.32. The lowest BCUT2D eigenvalue weighted by Crippen LogP contribution is -2.33. The van der Waals surface area contributed by atoms with Crippen molar-refractivity contribution in [3.05, 3.63) is 63.5 Å². The third-order valence-electron chi connectivity index (χ3n) is 3.88. The molecule has 0 unspecified atom stereocenters. The molecule has 5 nitrogen and oxygen atoms in total. The lowest BCUT2D eigenvalue weighted by molar-refractivity contribution is -0.122. The summed E-state index contributed by atoms with van der Waals surface area (Å²) < 4.78 is 0.878. The number of carbonyl (C=O) groups is 2. The van der Waals surface area contributed by atoms with Crippen molar-refractivity contribution in [2.75, 3.05) is 31.0 Å². The van der Waals surface area contributed by atoms with Crippen LogP contribution in [-0.2, 0) is 4.79 Å². The van der Waals surface area contributed by atoms with E-state index in [0.29, 0.717) is 4.91 Å². The predicted molar refractivity (Wildman–Crippen MR) is 111 cm³/mol. The summed E-state index contributed by atoms with van der Waals surface area (Å²) in [4.78, 5) is 28.4. The molecule has 7 heteroatoms. The molecule has 26 heavy (non-hydrogen) atoms. The van der Waals surface area contributed by atoms with E-state index >= 15 is 0 Å². The van der Waals surface area contributed by atoms with Gasteiger partial charge in [0.2, 0.25) is 0 Å². The number of rotatable bonds is 5. The molecule has 1 aliphatic rings. The molecule has 3 rings (SSSR count). The predicted octanol–water partition coefficient (Wildman–Crippen LogP) is 4.62. The molecule has 0 aromatic heterocycles. The monoisotopic (exact) mass is 431 g/mol. The Morgan fingerprint density at radius 3 is 2.46 bits per heavy atom. The molecule has 0 radical (unpaired) electrons. The summed E-state index contributed by atoms with van der Waals surface area (Å²) >= 11 is 4.40. The van der Waals surface area contributed by atoms with E-state index < -0.39 is 0 Å². The van der Waals surface area contributed by atoms with Gasteiger partial charge in [-0.15, -0.1) is 0 Å². The van der Waals surface area contributed by atoms with Gasteiger partial charge in [-0.05, 0) is 63.6 Å². The molecule has 1 heterocycles. The van der Waals surface area contributed by atoms with Crippen LogP contribution in [0, 0.1) is 0 Å². The van der Waals surface area contributed by atoms with Crippen LogP contribution >= 0.6 is 27.7 Å². The number of hydrogen-bond donors (Lipinski definition) is 1. The number of nitrogens with zero attached hydrogens (tertiary/aromatic N) is 2. The van der Waals surface area contributed by atoms with E-state index in [2.05, 4.69) is 21.2 Å². The molecule has 0 atom stereocenters. The van der Waals surface area contributed by atoms with Crippen molar-refractivity contribution in [3.63, 3.8) is 0 Å². The molecule has 2 amide bonds. The van der Waals surface area contributed by atoms with Gasteiger partial charge in [0.15, 0.2) is 0 Å². The Hall–Kier alpha value is -2.25. The number of thioether (sulfide) groups is 1. The van der Waals surface area contributed by atoms with Crippen LogP contribution in [0.4, 0.5) is 16.2 Å². The third kappa shape index (κ3) is 4.11. The van der Waals surface area contributed by atoms with Gasteiger partial charge in [-0.2, -0.15) is 0 Å². The minimum absolute atomic E-state index is 0.129. The number of benzene rings is 2. The second-order valence-electron chi connectivity index (χ2n) is 5.91. The number of amides is 2. The molecule has 0 bridgehead atoms. The number of imide groups is 1. The van der Waals surface area contributed by atoms with Crippen LogP contribution < -0.4 is 10.2 Å². The normalized spacial score (nSPS) is 15.7. The fourth-order valence-electron chi connectivity index (χ4n) is 2.43. The summed E-state index contributed by atoms with van der Waals surface area (Å²) in [7, 11) is 3.94. The first-order valence-electron chi connectivity index (χ1n) is 7.97. The molecule has 1 N–H and O–H groups in total. The molecule has 0 spiro atoms. The van der Waals surface area contributed by atoms with Gasteiger partial charge in [-0.1, -0.05) is 24.3 Å². The lowest BCUT2D eigenvalue weighted by atomic mass is 10.2. The molecule has 1 fully saturated rings. The Bertz CT molecular complexity index is 865. The average Bonchev–Trinajstić information content (AvgIpc) is 2.88. The van der Waals surface area contributed by atoms with E-state index in [1.165, 1.54) is 4.90 Å². The first-order valence-corrected chi connectivity index (χ1v) is 9.58. The molecule has 1 aliphatic heterocycles. The zero-order chi connectivity index (χ0) is 18.7. The fraction of sp³-hybridized carbons (Fsp3) is 0.158. The Labute approximate surface area is 165 Å². The second kappa shape index (κ2) is 7.97. The third-order valence-corrected chi connectivity index (χ3v) is 5.48. The fourth-order valence-corrected chi connectivity index (χ4v) is 3.69. The van der Waals surface area contributed by atoms with E-state index in [1.54, 1.807) is 6.08 Å². The van der Waals surface area contributed by atoms with Crippen LogP contribution in [0.1, 0.15) is 5.56 Å². The lowest BCUT2D eigenvalue weighted by Gasteiger charge is -2.15. The van der Waals surface area contributed by atoms with Crippen LogP contribution in [0.5, 0.6) is 0 Å². The number of hydrogen-bond acceptors (Lipinski definition) is 5. The van der Waals surface area contributed by atoms with Gasteiger partial charge < -0.3 is 10.2 Å². The Balaban J connectivity index is 1.71. The number of carbonyl (C=O) groups excluding carboxylic acids is 2. The van der Waals surface area contributed by atoms with Crippen LogP contribution in [0.2, 0.25) is 0 Å². The van der Waals surface area contributed by atoms with E-state index in [-0.39, 0.29) is 17.8 Å². The van der Waals surface area contributed by atoms with Crippen molar-refractivity contribution in [2.24, 2.45) is 0 Å². The minimum atomic E-state index is -0.281. The summed E-state index contributed by atoms with van der Waals surface area (Å²) in [5, 5.41) is 2.84. The van der Waals surface area contributed by atoms with Gasteiger partial charge in [0.25, 0.3) is 11.1 Å². The molecule has 134 valence electrons. The van der Waals surface area contributed by atoms with Gasteiger partial charge in [-0.25, -0.2) is 0 Å². The van der Waals surface area contributed by atoms with Crippen molar-refractivity contribution >= 4 is 56.3 Å². The highest BCUT2D eigenvalue weighted by atomic mass is 79.9. The minimum Gasteiger partial charge on any atom is -0.378 e. The maximum atomic E-state index is 12.6. The zero-order valence-corrected chi connectivity index (χ0v) is 16.8. The summed E-state index contributed by atoms with van der Waals surface area (Å²) in [6.07, 6.45) is 1.75. The van der Waals surface area contributed by atoms with E-state index in [0.717, 1.165) is 33.2 Å². The van der Waals surface area contributed by atoms with Gasteiger partial charge >= 0.3 is 0 Å². The van der Waals surface area contributed by atoms with Crippen LogP contribution in [0.25, 0.3) is 6.08 Å². The van der Waals surface area contributed by atoms with Crippen molar-refractivity contribution in [2.45, 2.75) is 0 Å². The van der Waals surface area contributed by atoms with Crippen molar-refractivity contribution in [3.8, 4) is 0 Å². The standard InChI is InChI=1S/C19H18BrN3O2S/c1-22(2)14-9-7-13(8-10-14)11-17-18(24)23(19(25)26-17)12-21-16-6-4-3-5-15(16)20/h3-11,21H,12H2,1-2H3/b17-11-. The second-order valence-corrected chi connectivity index (χ2v) is 7.76. The zero-order valence-electron chi connectivity index (χ0n) is 14.4. The SMILES string of the molecule is CN(C)c1ccc(/C=C2\SC(=O)N(CNc3ccccc3Br)C2=O)cc1. The Morgan fingerprint density at radius 2 is 1.81 bits per heavy atom. The molecular formula is C19H18BrN3O2S. The number of para-hydroxylation sites is 1. The van der Waals surface area contributed by atoms with Gasteiger partial charge in [0, 0.05) is 29.9 Å². The van der Waals surface area contributed by atoms with Crippen molar-refractivity contribution in [1.82, 2.24) is 4.90 Å². The number of nitrogens with one attached hydrogen (secondary N) is 1. The molecule has 2 aromatic carbocycles. The average molecular weight is 432 g/mol. The summed E-state index contributed by atoms with van der Waals surface area (Å²) in [6.45, 7) is 0.129. The maximum absolute atomic E-state index is 12.6. The first-order chi connectivity index (χ1) is 12.5. The van der Waals surface area contributed by atoms with E-state index in [1.807, 2.05) is 67.5 Å². The topological polar surface area (TPSA) is 52.7 Å². The number of anilines is 2. The van der Waals surface area contributed by atoms with E-state index in [9.17, 15) is 9.59 Å². The quantitative estimate of drug-likeness (QED) is 0.699.